The minimum atomic E-state index is -1.56. The van der Waals surface area contributed by atoms with Crippen LogP contribution in [0.5, 0.6) is 0 Å². The van der Waals surface area contributed by atoms with Gasteiger partial charge in [0.25, 0.3) is 0 Å². The molecule has 3 rings (SSSR count). The molecular weight excluding hydrogens is 506 g/mol. The number of carbonyl (C=O) groups excluding carboxylic acids is 3. The third-order valence-electron chi connectivity index (χ3n) is 6.70. The summed E-state index contributed by atoms with van der Waals surface area (Å²) in [6, 6.07) is 2.63. The molecule has 0 aliphatic heterocycles. The molecular formula is C26H35N7O6. The largest absolute Gasteiger partial charge is 0.480 e. The highest BCUT2D eigenvalue weighted by molar-refractivity contribution is 5.95. The van der Waals surface area contributed by atoms with E-state index >= 15 is 0 Å². The number of aliphatic hydroxyl groups excluding tert-OH is 1. The monoisotopic (exact) mass is 541 g/mol. The smallest absolute Gasteiger partial charge is 0.328 e. The van der Waals surface area contributed by atoms with Crippen molar-refractivity contribution in [2.45, 2.75) is 57.3 Å². The molecule has 2 heterocycles. The third-order valence-corrected chi connectivity index (χ3v) is 6.70. The number of imidazole rings is 1. The number of aliphatic hydroxyl groups is 1. The van der Waals surface area contributed by atoms with Crippen LogP contribution in [0, 0.1) is 5.92 Å². The summed E-state index contributed by atoms with van der Waals surface area (Å²) in [4.78, 5) is 60.9. The lowest BCUT2D eigenvalue weighted by Crippen LogP contribution is -2.59. The number of rotatable bonds is 14. The molecule has 210 valence electrons. The van der Waals surface area contributed by atoms with Crippen LogP contribution >= 0.6 is 0 Å². The van der Waals surface area contributed by atoms with Gasteiger partial charge in [-0.05, 0) is 17.5 Å². The minimum Gasteiger partial charge on any atom is -0.480 e. The average molecular weight is 542 g/mol. The Hall–Kier alpha value is -4.23. The van der Waals surface area contributed by atoms with Crippen LogP contribution in [0.2, 0.25) is 0 Å². The zero-order valence-corrected chi connectivity index (χ0v) is 21.8. The van der Waals surface area contributed by atoms with E-state index in [1.54, 1.807) is 6.20 Å². The number of hydrogen-bond acceptors (Lipinski definition) is 7. The Kier molecular flexibility index (Phi) is 10.2. The molecule has 0 fully saturated rings. The fourth-order valence-corrected chi connectivity index (χ4v) is 4.07. The van der Waals surface area contributed by atoms with E-state index in [-0.39, 0.29) is 18.8 Å². The number of aromatic nitrogens is 3. The standard InChI is InChI=1S/C26H35N7O6/c1-3-14(2)22(27)25(37)32-20(9-16-11-28-13-30-16)24(36)31-19(23(35)33-21(12-34)26(38)39)8-15-10-29-18-7-5-4-6-17(15)18/h4-7,10-11,13-14,19-22,29,34H,3,8-9,12,27H2,1-2H3,(H,28,30)(H,31,36)(H,32,37)(H,33,35)(H,38,39). The number of nitrogens with one attached hydrogen (secondary N) is 5. The SMILES string of the molecule is CCC(C)C(N)C(=O)NC(Cc1cnc[nH]1)C(=O)NC(Cc1c[nH]c2ccccc12)C(=O)NC(CO)C(=O)O. The summed E-state index contributed by atoms with van der Waals surface area (Å²) in [5.74, 6) is -3.56. The van der Waals surface area contributed by atoms with E-state index < -0.39 is 54.5 Å². The zero-order chi connectivity index (χ0) is 28.5. The summed E-state index contributed by atoms with van der Waals surface area (Å²) in [6.07, 6.45) is 5.36. The highest BCUT2D eigenvalue weighted by Gasteiger charge is 2.32. The van der Waals surface area contributed by atoms with E-state index in [9.17, 15) is 29.4 Å². The maximum Gasteiger partial charge on any atom is 0.328 e. The Morgan fingerprint density at radius 2 is 1.62 bits per heavy atom. The number of nitrogens with zero attached hydrogens (tertiary/aromatic N) is 1. The Labute approximate surface area is 225 Å². The first-order valence-electron chi connectivity index (χ1n) is 12.7. The Balaban J connectivity index is 1.87. The number of benzene rings is 1. The summed E-state index contributed by atoms with van der Waals surface area (Å²) in [6.45, 7) is 2.90. The first-order valence-corrected chi connectivity index (χ1v) is 12.7. The van der Waals surface area contributed by atoms with Crippen molar-refractivity contribution < 1.29 is 29.4 Å². The summed E-state index contributed by atoms with van der Waals surface area (Å²) in [5, 5.41) is 27.1. The summed E-state index contributed by atoms with van der Waals surface area (Å²) >= 11 is 0. The molecule has 0 saturated heterocycles. The number of aromatic amines is 2. The van der Waals surface area contributed by atoms with Gasteiger partial charge in [0.2, 0.25) is 17.7 Å². The number of para-hydroxylation sites is 1. The van der Waals surface area contributed by atoms with E-state index in [0.717, 1.165) is 10.9 Å². The fraction of sp³-hybridized carbons (Fsp3) is 0.423. The van der Waals surface area contributed by atoms with Crippen molar-refractivity contribution in [1.29, 1.82) is 0 Å². The molecule has 3 amide bonds. The molecule has 0 spiro atoms. The zero-order valence-electron chi connectivity index (χ0n) is 21.8. The average Bonchev–Trinajstić information content (AvgIpc) is 3.59. The molecule has 5 unspecified atom stereocenters. The predicted octanol–water partition coefficient (Wildman–Crippen LogP) is -0.419. The van der Waals surface area contributed by atoms with E-state index in [1.807, 2.05) is 38.1 Å². The molecule has 9 N–H and O–H groups in total. The number of hydrogen-bond donors (Lipinski definition) is 8. The van der Waals surface area contributed by atoms with Gasteiger partial charge in [-0.15, -0.1) is 0 Å². The molecule has 2 aromatic heterocycles. The number of carboxylic acids is 1. The van der Waals surface area contributed by atoms with Crippen LogP contribution in [0.1, 0.15) is 31.5 Å². The second-order valence-electron chi connectivity index (χ2n) is 9.46. The van der Waals surface area contributed by atoms with Crippen molar-refractivity contribution in [3.05, 3.63) is 54.2 Å². The van der Waals surface area contributed by atoms with Gasteiger partial charge in [0.05, 0.1) is 19.0 Å². The van der Waals surface area contributed by atoms with Crippen molar-refractivity contribution in [3.8, 4) is 0 Å². The van der Waals surface area contributed by atoms with E-state index in [4.69, 9.17) is 5.73 Å². The van der Waals surface area contributed by atoms with Gasteiger partial charge < -0.3 is 41.9 Å². The molecule has 5 atom stereocenters. The Morgan fingerprint density at radius 1 is 0.974 bits per heavy atom. The van der Waals surface area contributed by atoms with Gasteiger partial charge in [-0.1, -0.05) is 38.5 Å². The molecule has 13 heteroatoms. The molecule has 1 aromatic carbocycles. The molecule has 3 aromatic rings. The molecule has 39 heavy (non-hydrogen) atoms. The highest BCUT2D eigenvalue weighted by Crippen LogP contribution is 2.19. The van der Waals surface area contributed by atoms with Crippen molar-refractivity contribution in [1.82, 2.24) is 30.9 Å². The molecule has 0 bridgehead atoms. The maximum atomic E-state index is 13.5. The Bertz CT molecular complexity index is 1270. The van der Waals surface area contributed by atoms with Crippen molar-refractivity contribution in [2.75, 3.05) is 6.61 Å². The number of aliphatic carboxylic acids is 1. The fourth-order valence-electron chi connectivity index (χ4n) is 4.07. The lowest BCUT2D eigenvalue weighted by molar-refractivity contribution is -0.143. The van der Waals surface area contributed by atoms with Gasteiger partial charge in [0.15, 0.2) is 0 Å². The number of fused-ring (bicyclic) bond motifs is 1. The lowest BCUT2D eigenvalue weighted by atomic mass is 9.98. The third kappa shape index (κ3) is 7.65. The van der Waals surface area contributed by atoms with Gasteiger partial charge in [-0.25, -0.2) is 9.78 Å². The van der Waals surface area contributed by atoms with Crippen LogP contribution in [0.15, 0.2) is 43.0 Å². The van der Waals surface area contributed by atoms with Gasteiger partial charge in [0, 0.05) is 41.8 Å². The molecule has 0 saturated carbocycles. The number of carbonyl (C=O) groups is 4. The van der Waals surface area contributed by atoms with Crippen molar-refractivity contribution >= 4 is 34.6 Å². The minimum absolute atomic E-state index is 0.0104. The summed E-state index contributed by atoms with van der Waals surface area (Å²) < 4.78 is 0. The van der Waals surface area contributed by atoms with E-state index in [0.29, 0.717) is 17.7 Å². The predicted molar refractivity (Wildman–Crippen MR) is 142 cm³/mol. The van der Waals surface area contributed by atoms with Gasteiger partial charge in [-0.2, -0.15) is 0 Å². The lowest BCUT2D eigenvalue weighted by Gasteiger charge is -2.26. The van der Waals surface area contributed by atoms with Gasteiger partial charge in [-0.3, -0.25) is 14.4 Å². The molecule has 0 radical (unpaired) electrons. The summed E-state index contributed by atoms with van der Waals surface area (Å²) in [7, 11) is 0. The second kappa shape index (κ2) is 13.5. The van der Waals surface area contributed by atoms with Crippen LogP contribution in [0.4, 0.5) is 0 Å². The topological polar surface area (TPSA) is 215 Å². The number of H-pyrrole nitrogens is 2. The second-order valence-corrected chi connectivity index (χ2v) is 9.46. The molecule has 0 aliphatic carbocycles. The molecule has 13 nitrogen and oxygen atoms in total. The van der Waals surface area contributed by atoms with Crippen LogP contribution < -0.4 is 21.7 Å². The van der Waals surface area contributed by atoms with Crippen LogP contribution in [-0.2, 0) is 32.0 Å². The van der Waals surface area contributed by atoms with E-state index in [1.165, 1.54) is 12.5 Å². The molecule has 0 aliphatic rings. The quantitative estimate of drug-likeness (QED) is 0.134. The summed E-state index contributed by atoms with van der Waals surface area (Å²) in [5.41, 5.74) is 8.16. The van der Waals surface area contributed by atoms with E-state index in [2.05, 4.69) is 30.9 Å². The normalized spacial score (nSPS) is 15.1. The number of amides is 3. The first kappa shape index (κ1) is 29.3. The maximum absolute atomic E-state index is 13.5. The van der Waals surface area contributed by atoms with Crippen LogP contribution in [-0.4, -0.2) is 79.6 Å². The highest BCUT2D eigenvalue weighted by atomic mass is 16.4. The van der Waals surface area contributed by atoms with Crippen molar-refractivity contribution in [2.24, 2.45) is 11.7 Å². The van der Waals surface area contributed by atoms with Gasteiger partial charge in [0.1, 0.15) is 18.1 Å². The van der Waals surface area contributed by atoms with Crippen LogP contribution in [0.3, 0.4) is 0 Å². The Morgan fingerprint density at radius 3 is 2.23 bits per heavy atom. The number of carboxylic acid groups (broad SMARTS) is 1. The first-order chi connectivity index (χ1) is 18.6. The van der Waals surface area contributed by atoms with Gasteiger partial charge >= 0.3 is 5.97 Å². The van der Waals surface area contributed by atoms with Crippen LogP contribution in [0.25, 0.3) is 10.9 Å². The number of nitrogens with two attached hydrogens (primary N) is 1. The van der Waals surface area contributed by atoms with Crippen molar-refractivity contribution in [3.63, 3.8) is 0 Å².